The van der Waals surface area contributed by atoms with Crippen molar-refractivity contribution in [3.8, 4) is 5.75 Å². The second-order valence-electron chi connectivity index (χ2n) is 6.04. The molecular weight excluding hydrogens is 306 g/mol. The summed E-state index contributed by atoms with van der Waals surface area (Å²) in [4.78, 5) is 12.5. The molecule has 1 atom stereocenters. The molecule has 6 heteroatoms. The van der Waals surface area contributed by atoms with Crippen LogP contribution >= 0.6 is 0 Å². The summed E-state index contributed by atoms with van der Waals surface area (Å²) < 4.78 is 13.1. The summed E-state index contributed by atoms with van der Waals surface area (Å²) in [6, 6.07) is 9.20. The monoisotopic (exact) mass is 329 g/mol. The fourth-order valence-corrected chi connectivity index (χ4v) is 2.83. The third-order valence-electron chi connectivity index (χ3n) is 4.07. The fraction of sp³-hybridized carbons (Fsp3) is 0.444. The van der Waals surface area contributed by atoms with Crippen molar-refractivity contribution in [2.75, 3.05) is 18.5 Å². The van der Waals surface area contributed by atoms with Gasteiger partial charge in [-0.05, 0) is 44.4 Å². The summed E-state index contributed by atoms with van der Waals surface area (Å²) in [5.41, 5.74) is 1.97. The van der Waals surface area contributed by atoms with Crippen molar-refractivity contribution in [1.82, 2.24) is 9.78 Å². The highest BCUT2D eigenvalue weighted by Gasteiger charge is 2.17. The van der Waals surface area contributed by atoms with Crippen LogP contribution in [0.3, 0.4) is 0 Å². The molecule has 128 valence electrons. The normalized spacial score (nSPS) is 17.5. The largest absolute Gasteiger partial charge is 0.489 e. The van der Waals surface area contributed by atoms with Gasteiger partial charge in [-0.3, -0.25) is 9.48 Å². The first-order valence-electron chi connectivity index (χ1n) is 8.29. The lowest BCUT2D eigenvalue weighted by Gasteiger charge is -2.23. The molecule has 1 aromatic heterocycles. The number of rotatable bonds is 5. The molecule has 1 aliphatic rings. The number of carbonyl (C=O) groups excluding carboxylic acids is 1. The van der Waals surface area contributed by atoms with Crippen molar-refractivity contribution in [2.45, 2.75) is 32.3 Å². The average molecular weight is 329 g/mol. The number of hydrogen-bond donors (Lipinski definition) is 1. The summed E-state index contributed by atoms with van der Waals surface area (Å²) >= 11 is 0. The van der Waals surface area contributed by atoms with E-state index < -0.39 is 0 Å². The van der Waals surface area contributed by atoms with Crippen molar-refractivity contribution in [3.63, 3.8) is 0 Å². The van der Waals surface area contributed by atoms with E-state index in [0.29, 0.717) is 23.7 Å². The van der Waals surface area contributed by atoms with Gasteiger partial charge in [0.15, 0.2) is 0 Å². The molecule has 1 aromatic carbocycles. The molecule has 0 bridgehead atoms. The number of para-hydroxylation sites is 2. The van der Waals surface area contributed by atoms with Crippen molar-refractivity contribution in [1.29, 1.82) is 0 Å². The van der Waals surface area contributed by atoms with Crippen LogP contribution < -0.4 is 10.1 Å². The lowest BCUT2D eigenvalue weighted by Crippen LogP contribution is -2.26. The third-order valence-corrected chi connectivity index (χ3v) is 4.07. The molecule has 24 heavy (non-hydrogen) atoms. The molecular formula is C18H23N3O3. The van der Waals surface area contributed by atoms with E-state index in [1.54, 1.807) is 17.8 Å². The summed E-state index contributed by atoms with van der Waals surface area (Å²) in [5, 5.41) is 7.10. The molecule has 0 unspecified atom stereocenters. The van der Waals surface area contributed by atoms with Gasteiger partial charge in [0.2, 0.25) is 0 Å². The van der Waals surface area contributed by atoms with Gasteiger partial charge in [0, 0.05) is 13.7 Å². The summed E-state index contributed by atoms with van der Waals surface area (Å²) in [7, 11) is 1.75. The number of hydrogen-bond acceptors (Lipinski definition) is 4. The van der Waals surface area contributed by atoms with Gasteiger partial charge >= 0.3 is 0 Å². The highest BCUT2D eigenvalue weighted by molar-refractivity contribution is 6.03. The number of nitrogens with one attached hydrogen (secondary N) is 1. The maximum Gasteiger partial charge on any atom is 0.274 e. The predicted octanol–water partition coefficient (Wildman–Crippen LogP) is 2.93. The Kier molecular flexibility index (Phi) is 5.15. The maximum absolute atomic E-state index is 12.5. The molecule has 2 heterocycles. The first kappa shape index (κ1) is 16.5. The highest BCUT2D eigenvalue weighted by Crippen LogP contribution is 2.25. The van der Waals surface area contributed by atoms with Gasteiger partial charge in [-0.1, -0.05) is 12.1 Å². The molecule has 0 spiro atoms. The molecule has 1 saturated heterocycles. The topological polar surface area (TPSA) is 65.4 Å². The van der Waals surface area contributed by atoms with Crippen LogP contribution in [0.2, 0.25) is 0 Å². The van der Waals surface area contributed by atoms with Crippen molar-refractivity contribution >= 4 is 11.6 Å². The Morgan fingerprint density at radius 1 is 1.42 bits per heavy atom. The van der Waals surface area contributed by atoms with Crippen LogP contribution in [0.5, 0.6) is 5.75 Å². The summed E-state index contributed by atoms with van der Waals surface area (Å²) in [5.74, 6) is 0.446. The van der Waals surface area contributed by atoms with Crippen LogP contribution in [0.1, 0.15) is 35.4 Å². The number of aromatic nitrogens is 2. The Hall–Kier alpha value is -2.34. The van der Waals surface area contributed by atoms with Crippen molar-refractivity contribution < 1.29 is 14.3 Å². The Bertz CT molecular complexity index is 705. The quantitative estimate of drug-likeness (QED) is 0.916. The molecule has 2 aromatic rings. The lowest BCUT2D eigenvalue weighted by atomic mass is 10.1. The Labute approximate surface area is 141 Å². The van der Waals surface area contributed by atoms with Crippen LogP contribution in [0, 0.1) is 6.92 Å². The summed E-state index contributed by atoms with van der Waals surface area (Å²) in [6.45, 7) is 3.15. The smallest absolute Gasteiger partial charge is 0.274 e. The molecule has 0 radical (unpaired) electrons. The van der Waals surface area contributed by atoms with E-state index in [9.17, 15) is 4.79 Å². The molecule has 1 fully saturated rings. The van der Waals surface area contributed by atoms with Crippen LogP contribution in [-0.4, -0.2) is 35.0 Å². The zero-order valence-corrected chi connectivity index (χ0v) is 14.1. The van der Waals surface area contributed by atoms with Crippen LogP contribution in [0.4, 0.5) is 5.69 Å². The van der Waals surface area contributed by atoms with Gasteiger partial charge in [-0.2, -0.15) is 5.10 Å². The molecule has 6 nitrogen and oxygen atoms in total. The molecule has 0 saturated carbocycles. The van der Waals surface area contributed by atoms with E-state index in [0.717, 1.165) is 25.1 Å². The van der Waals surface area contributed by atoms with Gasteiger partial charge in [-0.15, -0.1) is 0 Å². The molecule has 0 aliphatic carbocycles. The van der Waals surface area contributed by atoms with E-state index in [4.69, 9.17) is 9.47 Å². The van der Waals surface area contributed by atoms with E-state index in [-0.39, 0.29) is 12.0 Å². The lowest BCUT2D eigenvalue weighted by molar-refractivity contribution is -0.0109. The van der Waals surface area contributed by atoms with Gasteiger partial charge in [0.1, 0.15) is 18.1 Å². The minimum absolute atomic E-state index is 0.127. The van der Waals surface area contributed by atoms with E-state index in [2.05, 4.69) is 10.4 Å². The fourth-order valence-electron chi connectivity index (χ4n) is 2.83. The number of amides is 1. The molecule has 1 amide bonds. The average Bonchev–Trinajstić information content (AvgIpc) is 2.93. The minimum atomic E-state index is -0.205. The number of aryl methyl sites for hydroxylation is 2. The predicted molar refractivity (Wildman–Crippen MR) is 91.4 cm³/mol. The van der Waals surface area contributed by atoms with Crippen LogP contribution in [0.15, 0.2) is 30.3 Å². The SMILES string of the molecule is Cc1cc(C(=O)Nc2ccccc2OC[C@@H]2CCCCO2)n(C)n1. The van der Waals surface area contributed by atoms with Crippen molar-refractivity contribution in [3.05, 3.63) is 41.7 Å². The van der Waals surface area contributed by atoms with Gasteiger partial charge in [-0.25, -0.2) is 0 Å². The zero-order valence-electron chi connectivity index (χ0n) is 14.1. The van der Waals surface area contributed by atoms with Gasteiger partial charge < -0.3 is 14.8 Å². The number of anilines is 1. The Morgan fingerprint density at radius 2 is 2.25 bits per heavy atom. The van der Waals surface area contributed by atoms with Crippen LogP contribution in [-0.2, 0) is 11.8 Å². The Morgan fingerprint density at radius 3 is 2.96 bits per heavy atom. The first-order chi connectivity index (χ1) is 11.6. The second-order valence-corrected chi connectivity index (χ2v) is 6.04. The molecule has 3 rings (SSSR count). The molecule has 1 aliphatic heterocycles. The zero-order chi connectivity index (χ0) is 16.9. The Balaban J connectivity index is 1.67. The standard InChI is InChI=1S/C18H23N3O3/c1-13-11-16(21(2)20-13)18(22)19-15-8-3-4-9-17(15)24-12-14-7-5-6-10-23-14/h3-4,8-9,11,14H,5-7,10,12H2,1-2H3,(H,19,22)/t14-/m0/s1. The van der Waals surface area contributed by atoms with E-state index >= 15 is 0 Å². The number of nitrogens with zero attached hydrogens (tertiary/aromatic N) is 2. The van der Waals surface area contributed by atoms with Crippen LogP contribution in [0.25, 0.3) is 0 Å². The second kappa shape index (κ2) is 7.49. The number of carbonyl (C=O) groups is 1. The first-order valence-corrected chi connectivity index (χ1v) is 8.29. The van der Waals surface area contributed by atoms with Gasteiger partial charge in [0.25, 0.3) is 5.91 Å². The minimum Gasteiger partial charge on any atom is -0.489 e. The van der Waals surface area contributed by atoms with E-state index in [1.165, 1.54) is 6.42 Å². The maximum atomic E-state index is 12.5. The molecule has 1 N–H and O–H groups in total. The van der Waals surface area contributed by atoms with Gasteiger partial charge in [0.05, 0.1) is 17.5 Å². The number of benzene rings is 1. The third kappa shape index (κ3) is 3.94. The van der Waals surface area contributed by atoms with E-state index in [1.807, 2.05) is 31.2 Å². The summed E-state index contributed by atoms with van der Waals surface area (Å²) in [6.07, 6.45) is 3.43. The number of ether oxygens (including phenoxy) is 2. The van der Waals surface area contributed by atoms with Crippen molar-refractivity contribution in [2.24, 2.45) is 7.05 Å². The highest BCUT2D eigenvalue weighted by atomic mass is 16.5.